The van der Waals surface area contributed by atoms with Crippen LogP contribution in [0.4, 0.5) is 0 Å². The number of nitrogens with one attached hydrogen (secondary N) is 1. The molecule has 0 unspecified atom stereocenters. The van der Waals surface area contributed by atoms with Gasteiger partial charge in [-0.05, 0) is 36.8 Å². The van der Waals surface area contributed by atoms with Crippen LogP contribution in [0.2, 0.25) is 0 Å². The first kappa shape index (κ1) is 10.7. The van der Waals surface area contributed by atoms with Crippen LogP contribution in [0.3, 0.4) is 0 Å². The summed E-state index contributed by atoms with van der Waals surface area (Å²) in [5.74, 6) is 0.626. The molecular formula is C14H21N. The van der Waals surface area contributed by atoms with E-state index in [1.54, 1.807) is 0 Å². The summed E-state index contributed by atoms with van der Waals surface area (Å²) < 4.78 is 0. The molecule has 1 N–H and O–H groups in total. The van der Waals surface area contributed by atoms with Crippen LogP contribution in [-0.2, 0) is 6.54 Å². The molecule has 0 amide bonds. The van der Waals surface area contributed by atoms with Crippen LogP contribution in [0, 0.1) is 6.92 Å². The van der Waals surface area contributed by atoms with Crippen LogP contribution in [0.1, 0.15) is 49.3 Å². The number of hydrogen-bond acceptors (Lipinski definition) is 1. The Morgan fingerprint density at radius 1 is 1.33 bits per heavy atom. The van der Waals surface area contributed by atoms with E-state index < -0.39 is 0 Å². The van der Waals surface area contributed by atoms with Crippen molar-refractivity contribution in [3.8, 4) is 0 Å². The lowest BCUT2D eigenvalue weighted by Crippen LogP contribution is -2.16. The van der Waals surface area contributed by atoms with Gasteiger partial charge in [0.2, 0.25) is 0 Å². The van der Waals surface area contributed by atoms with Gasteiger partial charge >= 0.3 is 0 Å². The molecular weight excluding hydrogens is 182 g/mol. The van der Waals surface area contributed by atoms with Gasteiger partial charge in [-0.25, -0.2) is 0 Å². The van der Waals surface area contributed by atoms with Gasteiger partial charge in [0.15, 0.2) is 0 Å². The fourth-order valence-corrected chi connectivity index (χ4v) is 1.95. The lowest BCUT2D eigenvalue weighted by molar-refractivity contribution is 0.676. The Bertz CT molecular complexity index is 337. The highest BCUT2D eigenvalue weighted by atomic mass is 14.9. The molecule has 1 nitrogen and oxygen atoms in total. The van der Waals surface area contributed by atoms with Crippen molar-refractivity contribution in [3.05, 3.63) is 34.9 Å². The highest BCUT2D eigenvalue weighted by Crippen LogP contribution is 2.23. The lowest BCUT2D eigenvalue weighted by Gasteiger charge is -2.14. The fourth-order valence-electron chi connectivity index (χ4n) is 1.95. The summed E-state index contributed by atoms with van der Waals surface area (Å²) in [6.45, 7) is 7.76. The lowest BCUT2D eigenvalue weighted by atomic mass is 9.95. The maximum atomic E-state index is 3.59. The monoisotopic (exact) mass is 203 g/mol. The third kappa shape index (κ3) is 2.82. The standard InChI is InChI=1S/C14H21N/c1-10(2)14-8-11(3)4-5-12(14)9-15-13-6-7-13/h4-5,8,10,13,15H,6-7,9H2,1-3H3. The Morgan fingerprint density at radius 3 is 2.67 bits per heavy atom. The summed E-state index contributed by atoms with van der Waals surface area (Å²) in [5, 5.41) is 3.59. The second kappa shape index (κ2) is 4.36. The molecule has 1 saturated carbocycles. The average molecular weight is 203 g/mol. The molecule has 1 fully saturated rings. The van der Waals surface area contributed by atoms with Gasteiger partial charge in [0.25, 0.3) is 0 Å². The van der Waals surface area contributed by atoms with E-state index in [9.17, 15) is 0 Å². The van der Waals surface area contributed by atoms with Gasteiger partial charge in [0.1, 0.15) is 0 Å². The van der Waals surface area contributed by atoms with Crippen molar-refractivity contribution in [2.24, 2.45) is 0 Å². The zero-order chi connectivity index (χ0) is 10.8. The smallest absolute Gasteiger partial charge is 0.0210 e. The third-order valence-electron chi connectivity index (χ3n) is 3.08. The molecule has 1 aromatic carbocycles. The molecule has 0 aliphatic heterocycles. The number of hydrogen-bond donors (Lipinski definition) is 1. The van der Waals surface area contributed by atoms with Crippen molar-refractivity contribution in [1.82, 2.24) is 5.32 Å². The fraction of sp³-hybridized carbons (Fsp3) is 0.571. The summed E-state index contributed by atoms with van der Waals surface area (Å²) in [4.78, 5) is 0. The molecule has 0 spiro atoms. The van der Waals surface area contributed by atoms with Crippen LogP contribution in [0.25, 0.3) is 0 Å². The van der Waals surface area contributed by atoms with Crippen molar-refractivity contribution in [1.29, 1.82) is 0 Å². The first-order valence-electron chi connectivity index (χ1n) is 5.99. The summed E-state index contributed by atoms with van der Waals surface area (Å²) in [5.41, 5.74) is 4.35. The van der Waals surface area contributed by atoms with Crippen molar-refractivity contribution >= 4 is 0 Å². The van der Waals surface area contributed by atoms with E-state index in [4.69, 9.17) is 0 Å². The topological polar surface area (TPSA) is 12.0 Å². The Labute approximate surface area is 92.9 Å². The van der Waals surface area contributed by atoms with Gasteiger partial charge < -0.3 is 5.32 Å². The van der Waals surface area contributed by atoms with Crippen LogP contribution in [-0.4, -0.2) is 6.04 Å². The SMILES string of the molecule is Cc1ccc(CNC2CC2)c(C(C)C)c1. The first-order valence-corrected chi connectivity index (χ1v) is 5.99. The van der Waals surface area contributed by atoms with E-state index in [0.717, 1.165) is 12.6 Å². The predicted octanol–water partition coefficient (Wildman–Crippen LogP) is 3.37. The van der Waals surface area contributed by atoms with Crippen molar-refractivity contribution in [2.45, 2.75) is 52.1 Å². The minimum absolute atomic E-state index is 0.626. The highest BCUT2D eigenvalue weighted by molar-refractivity contribution is 5.33. The summed E-state index contributed by atoms with van der Waals surface area (Å²) in [6.07, 6.45) is 2.73. The molecule has 15 heavy (non-hydrogen) atoms. The Balaban J connectivity index is 2.12. The largest absolute Gasteiger partial charge is 0.310 e. The second-order valence-electron chi connectivity index (χ2n) is 5.01. The minimum atomic E-state index is 0.626. The van der Waals surface area contributed by atoms with Gasteiger partial charge in [0, 0.05) is 12.6 Å². The van der Waals surface area contributed by atoms with Crippen LogP contribution >= 0.6 is 0 Å². The van der Waals surface area contributed by atoms with Crippen molar-refractivity contribution in [3.63, 3.8) is 0 Å². The molecule has 0 atom stereocenters. The van der Waals surface area contributed by atoms with E-state index in [0.29, 0.717) is 5.92 Å². The molecule has 0 aromatic heterocycles. The number of aryl methyl sites for hydroxylation is 1. The molecule has 1 aromatic rings. The van der Waals surface area contributed by atoms with Gasteiger partial charge in [-0.2, -0.15) is 0 Å². The van der Waals surface area contributed by atoms with E-state index in [-0.39, 0.29) is 0 Å². The minimum Gasteiger partial charge on any atom is -0.310 e. The first-order chi connectivity index (χ1) is 7.16. The van der Waals surface area contributed by atoms with Gasteiger partial charge in [-0.1, -0.05) is 37.6 Å². The van der Waals surface area contributed by atoms with Crippen molar-refractivity contribution in [2.75, 3.05) is 0 Å². The average Bonchev–Trinajstić information content (AvgIpc) is 2.99. The molecule has 0 radical (unpaired) electrons. The Morgan fingerprint density at radius 2 is 2.07 bits per heavy atom. The molecule has 0 saturated heterocycles. The van der Waals surface area contributed by atoms with Crippen LogP contribution < -0.4 is 5.32 Å². The number of rotatable bonds is 4. The summed E-state index contributed by atoms with van der Waals surface area (Å²) >= 11 is 0. The molecule has 1 aliphatic rings. The zero-order valence-corrected chi connectivity index (χ0v) is 10.0. The Hall–Kier alpha value is -0.820. The second-order valence-corrected chi connectivity index (χ2v) is 5.01. The molecule has 1 aliphatic carbocycles. The third-order valence-corrected chi connectivity index (χ3v) is 3.08. The van der Waals surface area contributed by atoms with E-state index >= 15 is 0 Å². The molecule has 0 bridgehead atoms. The summed E-state index contributed by atoms with van der Waals surface area (Å²) in [7, 11) is 0. The normalized spacial score (nSPS) is 16.0. The Kier molecular flexibility index (Phi) is 3.11. The molecule has 0 heterocycles. The van der Waals surface area contributed by atoms with Crippen molar-refractivity contribution < 1.29 is 0 Å². The molecule has 82 valence electrons. The summed E-state index contributed by atoms with van der Waals surface area (Å²) in [6, 6.07) is 7.62. The maximum absolute atomic E-state index is 3.59. The molecule has 2 rings (SSSR count). The van der Waals surface area contributed by atoms with Gasteiger partial charge in [0.05, 0.1) is 0 Å². The van der Waals surface area contributed by atoms with Crippen LogP contribution in [0.5, 0.6) is 0 Å². The van der Waals surface area contributed by atoms with E-state index in [2.05, 4.69) is 44.3 Å². The van der Waals surface area contributed by atoms with E-state index in [1.165, 1.54) is 29.5 Å². The van der Waals surface area contributed by atoms with Crippen LogP contribution in [0.15, 0.2) is 18.2 Å². The maximum Gasteiger partial charge on any atom is 0.0210 e. The van der Waals surface area contributed by atoms with Gasteiger partial charge in [-0.3, -0.25) is 0 Å². The zero-order valence-electron chi connectivity index (χ0n) is 10.0. The molecule has 1 heteroatoms. The van der Waals surface area contributed by atoms with E-state index in [1.807, 2.05) is 0 Å². The predicted molar refractivity (Wildman–Crippen MR) is 65.1 cm³/mol. The van der Waals surface area contributed by atoms with Gasteiger partial charge in [-0.15, -0.1) is 0 Å². The highest BCUT2D eigenvalue weighted by Gasteiger charge is 2.20. The quantitative estimate of drug-likeness (QED) is 0.791. The number of benzene rings is 1.